The van der Waals surface area contributed by atoms with E-state index in [4.69, 9.17) is 4.74 Å². The average molecular weight is 485 g/mol. The number of ether oxygens (including phenoxy) is 1. The van der Waals surface area contributed by atoms with Crippen molar-refractivity contribution < 1.29 is 14.6 Å². The highest BCUT2D eigenvalue weighted by Gasteiger charge is 2.79. The van der Waals surface area contributed by atoms with E-state index in [9.17, 15) is 9.90 Å². The van der Waals surface area contributed by atoms with Gasteiger partial charge in [0.15, 0.2) is 0 Å². The fourth-order valence-electron chi connectivity index (χ4n) is 9.90. The zero-order chi connectivity index (χ0) is 25.4. The van der Waals surface area contributed by atoms with Crippen molar-refractivity contribution in [3.63, 3.8) is 0 Å². The maximum absolute atomic E-state index is 12.6. The SMILES string of the molecule is CC(C)CCCC(C)C1=CCC2C3CC(O)C45CC(OC(=O)C(C)(C)C)CCC4(C5)C3CCC12C. The third kappa shape index (κ3) is 3.96. The molecule has 0 saturated heterocycles. The van der Waals surface area contributed by atoms with Crippen LogP contribution in [0.4, 0.5) is 0 Å². The van der Waals surface area contributed by atoms with Crippen LogP contribution >= 0.6 is 0 Å². The van der Waals surface area contributed by atoms with E-state index < -0.39 is 5.41 Å². The number of rotatable bonds is 6. The van der Waals surface area contributed by atoms with Crippen LogP contribution in [0.25, 0.3) is 0 Å². The molecule has 4 fully saturated rings. The van der Waals surface area contributed by atoms with Gasteiger partial charge in [-0.2, -0.15) is 0 Å². The normalized spacial score (nSPS) is 45.1. The maximum atomic E-state index is 12.6. The molecule has 0 spiro atoms. The number of fused-ring (bicyclic) bond motifs is 3. The quantitative estimate of drug-likeness (QED) is 0.310. The molecule has 0 amide bonds. The summed E-state index contributed by atoms with van der Waals surface area (Å²) in [5.74, 6) is 3.53. The van der Waals surface area contributed by atoms with Crippen LogP contribution in [-0.2, 0) is 9.53 Å². The number of hydrogen-bond acceptors (Lipinski definition) is 3. The lowest BCUT2D eigenvalue weighted by molar-refractivity contribution is -0.168. The molecule has 0 heterocycles. The summed E-state index contributed by atoms with van der Waals surface area (Å²) in [6, 6.07) is 0. The molecule has 0 bridgehead atoms. The molecular formula is C32H52O3. The Bertz CT molecular complexity index is 867. The Morgan fingerprint density at radius 2 is 1.86 bits per heavy atom. The largest absolute Gasteiger partial charge is 0.462 e. The first-order chi connectivity index (χ1) is 16.3. The topological polar surface area (TPSA) is 46.5 Å². The van der Waals surface area contributed by atoms with Crippen LogP contribution < -0.4 is 0 Å². The summed E-state index contributed by atoms with van der Waals surface area (Å²) in [4.78, 5) is 12.6. The first-order valence-electron chi connectivity index (χ1n) is 14.9. The van der Waals surface area contributed by atoms with Gasteiger partial charge in [0.1, 0.15) is 6.10 Å². The lowest BCUT2D eigenvalue weighted by Gasteiger charge is -2.57. The van der Waals surface area contributed by atoms with E-state index in [0.29, 0.717) is 28.6 Å². The molecule has 3 heteroatoms. The van der Waals surface area contributed by atoms with Crippen molar-refractivity contribution >= 4 is 5.97 Å². The van der Waals surface area contributed by atoms with Crippen molar-refractivity contribution in [2.75, 3.05) is 0 Å². The highest BCUT2D eigenvalue weighted by molar-refractivity contribution is 5.75. The van der Waals surface area contributed by atoms with Gasteiger partial charge in [-0.3, -0.25) is 4.79 Å². The second-order valence-electron chi connectivity index (χ2n) is 15.2. The fourth-order valence-corrected chi connectivity index (χ4v) is 9.90. The number of carbonyl (C=O) groups is 1. The Morgan fingerprint density at radius 1 is 1.11 bits per heavy atom. The van der Waals surface area contributed by atoms with E-state index in [0.717, 1.165) is 37.5 Å². The minimum absolute atomic E-state index is 0.0103. The van der Waals surface area contributed by atoms with Gasteiger partial charge in [0, 0.05) is 5.41 Å². The molecule has 0 aromatic carbocycles. The van der Waals surface area contributed by atoms with Crippen molar-refractivity contribution in [2.24, 2.45) is 51.2 Å². The molecule has 0 aromatic rings. The van der Waals surface area contributed by atoms with E-state index in [1.165, 1.54) is 44.9 Å². The summed E-state index contributed by atoms with van der Waals surface area (Å²) >= 11 is 0. The molecule has 5 aliphatic rings. The molecule has 0 aromatic heterocycles. The molecule has 1 N–H and O–H groups in total. The molecule has 198 valence electrons. The van der Waals surface area contributed by atoms with Gasteiger partial charge >= 0.3 is 5.97 Å². The molecule has 0 aliphatic heterocycles. The molecule has 0 radical (unpaired) electrons. The van der Waals surface area contributed by atoms with E-state index in [1.54, 1.807) is 5.57 Å². The first kappa shape index (κ1) is 25.8. The number of esters is 1. The van der Waals surface area contributed by atoms with Gasteiger partial charge < -0.3 is 9.84 Å². The predicted octanol–water partition coefficient (Wildman–Crippen LogP) is 7.71. The summed E-state index contributed by atoms with van der Waals surface area (Å²) < 4.78 is 5.99. The number of hydrogen-bond donors (Lipinski definition) is 1. The second kappa shape index (κ2) is 8.60. The van der Waals surface area contributed by atoms with Crippen molar-refractivity contribution in [1.82, 2.24) is 0 Å². The van der Waals surface area contributed by atoms with Crippen molar-refractivity contribution in [3.05, 3.63) is 11.6 Å². The zero-order valence-electron chi connectivity index (χ0n) is 23.7. The molecule has 9 atom stereocenters. The minimum atomic E-state index is -0.459. The minimum Gasteiger partial charge on any atom is -0.462 e. The van der Waals surface area contributed by atoms with E-state index in [2.05, 4.69) is 33.8 Å². The number of aliphatic hydroxyl groups excluding tert-OH is 1. The second-order valence-corrected chi connectivity index (χ2v) is 15.2. The van der Waals surface area contributed by atoms with Crippen molar-refractivity contribution in [2.45, 2.75) is 131 Å². The number of allylic oxidation sites excluding steroid dienone is 2. The summed E-state index contributed by atoms with van der Waals surface area (Å²) in [6.45, 7) is 15.5. The highest BCUT2D eigenvalue weighted by atomic mass is 16.5. The van der Waals surface area contributed by atoms with Crippen LogP contribution in [0.2, 0.25) is 0 Å². The Morgan fingerprint density at radius 3 is 2.54 bits per heavy atom. The molecule has 3 nitrogen and oxygen atoms in total. The lowest BCUT2D eigenvalue weighted by Crippen LogP contribution is -2.53. The number of aliphatic hydroxyl groups is 1. The van der Waals surface area contributed by atoms with Gasteiger partial charge in [0.2, 0.25) is 0 Å². The van der Waals surface area contributed by atoms with E-state index in [-0.39, 0.29) is 23.6 Å². The average Bonchev–Trinajstić information content (AvgIpc) is 3.34. The van der Waals surface area contributed by atoms with Crippen LogP contribution in [0.5, 0.6) is 0 Å². The van der Waals surface area contributed by atoms with Gasteiger partial charge in [-0.05, 0) is 119 Å². The van der Waals surface area contributed by atoms with Crippen LogP contribution in [0.15, 0.2) is 11.6 Å². The molecule has 9 unspecified atom stereocenters. The Kier molecular flexibility index (Phi) is 6.34. The molecule has 5 aliphatic carbocycles. The van der Waals surface area contributed by atoms with Gasteiger partial charge in [0.05, 0.1) is 11.5 Å². The first-order valence-corrected chi connectivity index (χ1v) is 14.9. The summed E-state index contributed by atoms with van der Waals surface area (Å²) in [5.41, 5.74) is 1.96. The Labute approximate surface area is 214 Å². The van der Waals surface area contributed by atoms with Gasteiger partial charge in [-0.15, -0.1) is 0 Å². The van der Waals surface area contributed by atoms with E-state index >= 15 is 0 Å². The smallest absolute Gasteiger partial charge is 0.311 e. The van der Waals surface area contributed by atoms with Crippen molar-refractivity contribution in [1.29, 1.82) is 0 Å². The van der Waals surface area contributed by atoms with Gasteiger partial charge in [0.25, 0.3) is 0 Å². The molecule has 4 saturated carbocycles. The fraction of sp³-hybridized carbons (Fsp3) is 0.906. The summed E-state index contributed by atoms with van der Waals surface area (Å²) in [5, 5.41) is 11.6. The van der Waals surface area contributed by atoms with Gasteiger partial charge in [-0.1, -0.05) is 52.2 Å². The van der Waals surface area contributed by atoms with Crippen LogP contribution in [0, 0.1) is 51.2 Å². The summed E-state index contributed by atoms with van der Waals surface area (Å²) in [7, 11) is 0. The van der Waals surface area contributed by atoms with Gasteiger partial charge in [-0.25, -0.2) is 0 Å². The third-order valence-corrected chi connectivity index (χ3v) is 11.8. The highest BCUT2D eigenvalue weighted by Crippen LogP contribution is 2.83. The Balaban J connectivity index is 1.28. The molecule has 5 rings (SSSR count). The monoisotopic (exact) mass is 484 g/mol. The van der Waals surface area contributed by atoms with Crippen LogP contribution in [-0.4, -0.2) is 23.3 Å². The number of carbonyl (C=O) groups excluding carboxylic acids is 1. The lowest BCUT2D eigenvalue weighted by atomic mass is 9.48. The molecule has 35 heavy (non-hydrogen) atoms. The molecular weight excluding hydrogens is 432 g/mol. The maximum Gasteiger partial charge on any atom is 0.311 e. The zero-order valence-corrected chi connectivity index (χ0v) is 23.7. The summed E-state index contributed by atoms with van der Waals surface area (Å²) in [6.07, 6.45) is 15.4. The van der Waals surface area contributed by atoms with Crippen LogP contribution in [0.1, 0.15) is 119 Å². The standard InChI is InChI=1S/C32H52O3/c1-20(2)9-8-10-21(3)24-11-12-25-23-17-27(33)32-18-22(35-28(34)29(4,5)6)13-16-31(32,19-32)26(23)14-15-30(24,25)7/h11,20-23,25-27,33H,8-10,12-19H2,1-7H3. The van der Waals surface area contributed by atoms with Crippen molar-refractivity contribution in [3.8, 4) is 0 Å². The Hall–Kier alpha value is -0.830. The third-order valence-electron chi connectivity index (χ3n) is 11.8. The van der Waals surface area contributed by atoms with Crippen LogP contribution in [0.3, 0.4) is 0 Å². The van der Waals surface area contributed by atoms with E-state index in [1.807, 2.05) is 20.8 Å². The predicted molar refractivity (Wildman–Crippen MR) is 142 cm³/mol.